The van der Waals surface area contributed by atoms with Crippen LogP contribution in [-0.4, -0.2) is 28.8 Å². The third kappa shape index (κ3) is 2.87. The van der Waals surface area contributed by atoms with E-state index < -0.39 is 0 Å². The zero-order valence-electron chi connectivity index (χ0n) is 12.5. The molecule has 0 aliphatic rings. The van der Waals surface area contributed by atoms with E-state index in [-0.39, 0.29) is 0 Å². The number of hydrogen-bond donors (Lipinski definition) is 0. The lowest BCUT2D eigenvalue weighted by atomic mass is 10.0. The summed E-state index contributed by atoms with van der Waals surface area (Å²) in [6, 6.07) is 9.17. The summed E-state index contributed by atoms with van der Waals surface area (Å²) in [5, 5.41) is 4.52. The molecule has 0 spiro atoms. The van der Waals surface area contributed by atoms with E-state index in [0.717, 1.165) is 12.2 Å². The van der Waals surface area contributed by atoms with Crippen LogP contribution in [0.25, 0.3) is 11.1 Å². The molecular formula is C16H23N3. The van der Waals surface area contributed by atoms with Crippen molar-refractivity contribution in [3.63, 3.8) is 0 Å². The molecule has 2 rings (SSSR count). The van der Waals surface area contributed by atoms with Gasteiger partial charge < -0.3 is 4.90 Å². The second-order valence-corrected chi connectivity index (χ2v) is 5.25. The minimum atomic E-state index is 0.418. The van der Waals surface area contributed by atoms with Crippen LogP contribution in [0.4, 0.5) is 0 Å². The van der Waals surface area contributed by atoms with Gasteiger partial charge in [-0.3, -0.25) is 4.68 Å². The fraction of sp³-hybridized carbons (Fsp3) is 0.438. The summed E-state index contributed by atoms with van der Waals surface area (Å²) in [6.45, 7) is 7.32. The molecule has 19 heavy (non-hydrogen) atoms. The summed E-state index contributed by atoms with van der Waals surface area (Å²) in [4.78, 5) is 2.22. The first kappa shape index (κ1) is 13.8. The zero-order chi connectivity index (χ0) is 14.0. The monoisotopic (exact) mass is 257 g/mol. The van der Waals surface area contributed by atoms with Gasteiger partial charge in [0.15, 0.2) is 0 Å². The molecule has 0 amide bonds. The van der Waals surface area contributed by atoms with Crippen molar-refractivity contribution < 1.29 is 0 Å². The van der Waals surface area contributed by atoms with Crippen LogP contribution in [0.3, 0.4) is 0 Å². The van der Waals surface area contributed by atoms with E-state index in [9.17, 15) is 0 Å². The largest absolute Gasteiger partial charge is 0.303 e. The molecule has 102 valence electrons. The maximum absolute atomic E-state index is 4.52. The molecule has 0 aliphatic heterocycles. The van der Waals surface area contributed by atoms with Crippen LogP contribution in [0, 0.1) is 6.92 Å². The predicted molar refractivity (Wildman–Crippen MR) is 80.2 cm³/mol. The molecule has 2 aromatic rings. The average Bonchev–Trinajstić information content (AvgIpc) is 2.79. The Bertz CT molecular complexity index is 555. The number of rotatable bonds is 4. The van der Waals surface area contributed by atoms with Gasteiger partial charge in [0.1, 0.15) is 0 Å². The summed E-state index contributed by atoms with van der Waals surface area (Å²) in [7, 11) is 4.22. The molecule has 1 heterocycles. The van der Waals surface area contributed by atoms with E-state index >= 15 is 0 Å². The lowest BCUT2D eigenvalue weighted by Gasteiger charge is -2.20. The van der Waals surface area contributed by atoms with Crippen molar-refractivity contribution in [3.8, 4) is 11.1 Å². The third-order valence-corrected chi connectivity index (χ3v) is 3.72. The Kier molecular flexibility index (Phi) is 4.05. The van der Waals surface area contributed by atoms with E-state index in [1.54, 1.807) is 0 Å². The second-order valence-electron chi connectivity index (χ2n) is 5.25. The standard InChI is InChI=1S/C16H23N3/c1-6-19-11-16(12(2)17-19)15-9-7-8-14(10-15)13(3)18(4)5/h7-11,13H,6H2,1-5H3/t13-/m1/s1. The highest BCUT2D eigenvalue weighted by atomic mass is 15.3. The van der Waals surface area contributed by atoms with Crippen molar-refractivity contribution >= 4 is 0 Å². The molecule has 0 saturated heterocycles. The summed E-state index contributed by atoms with van der Waals surface area (Å²) in [6.07, 6.45) is 2.13. The molecule has 0 fully saturated rings. The molecule has 3 nitrogen and oxygen atoms in total. The van der Waals surface area contributed by atoms with Gasteiger partial charge in [-0.1, -0.05) is 18.2 Å². The van der Waals surface area contributed by atoms with Crippen LogP contribution in [-0.2, 0) is 6.54 Å². The van der Waals surface area contributed by atoms with E-state index in [1.807, 2.05) is 4.68 Å². The molecule has 0 unspecified atom stereocenters. The summed E-state index contributed by atoms with van der Waals surface area (Å²) in [5.74, 6) is 0. The highest BCUT2D eigenvalue weighted by molar-refractivity contribution is 5.65. The van der Waals surface area contributed by atoms with Crippen LogP contribution in [0.1, 0.15) is 31.1 Å². The molecule has 1 atom stereocenters. The van der Waals surface area contributed by atoms with Crippen LogP contribution < -0.4 is 0 Å². The predicted octanol–water partition coefficient (Wildman–Crippen LogP) is 3.50. The van der Waals surface area contributed by atoms with Gasteiger partial charge in [0, 0.05) is 24.3 Å². The highest BCUT2D eigenvalue weighted by Gasteiger charge is 2.11. The first-order valence-electron chi connectivity index (χ1n) is 6.83. The summed E-state index contributed by atoms with van der Waals surface area (Å²) >= 11 is 0. The molecule has 0 bridgehead atoms. The number of aromatic nitrogens is 2. The second kappa shape index (κ2) is 5.57. The number of hydrogen-bond acceptors (Lipinski definition) is 2. The minimum absolute atomic E-state index is 0.418. The Morgan fingerprint density at radius 2 is 2.05 bits per heavy atom. The molecular weight excluding hydrogens is 234 g/mol. The Morgan fingerprint density at radius 1 is 1.32 bits per heavy atom. The van der Waals surface area contributed by atoms with Crippen molar-refractivity contribution in [1.29, 1.82) is 0 Å². The topological polar surface area (TPSA) is 21.1 Å². The normalized spacial score (nSPS) is 12.9. The average molecular weight is 257 g/mol. The van der Waals surface area contributed by atoms with E-state index in [2.05, 4.69) is 75.3 Å². The molecule has 3 heteroatoms. The number of nitrogens with zero attached hydrogens (tertiary/aromatic N) is 3. The molecule has 1 aromatic heterocycles. The molecule has 0 radical (unpaired) electrons. The summed E-state index contributed by atoms with van der Waals surface area (Å²) < 4.78 is 1.99. The highest BCUT2D eigenvalue weighted by Crippen LogP contribution is 2.26. The molecule has 0 aliphatic carbocycles. The SMILES string of the molecule is CCn1cc(-c2cccc([C@@H](C)N(C)C)c2)c(C)n1. The van der Waals surface area contributed by atoms with Crippen LogP contribution in [0.15, 0.2) is 30.5 Å². The quantitative estimate of drug-likeness (QED) is 0.836. The van der Waals surface area contributed by atoms with Crippen molar-refractivity contribution in [1.82, 2.24) is 14.7 Å². The summed E-state index contributed by atoms with van der Waals surface area (Å²) in [5.41, 5.74) is 4.92. The first-order valence-corrected chi connectivity index (χ1v) is 6.83. The van der Waals surface area contributed by atoms with E-state index in [1.165, 1.54) is 16.7 Å². The van der Waals surface area contributed by atoms with Gasteiger partial charge in [-0.25, -0.2) is 0 Å². The maximum Gasteiger partial charge on any atom is 0.0672 e. The number of benzene rings is 1. The van der Waals surface area contributed by atoms with Crippen molar-refractivity contribution in [3.05, 3.63) is 41.7 Å². The zero-order valence-corrected chi connectivity index (χ0v) is 12.5. The first-order chi connectivity index (χ1) is 9.02. The number of aryl methyl sites for hydroxylation is 2. The van der Waals surface area contributed by atoms with Crippen LogP contribution >= 0.6 is 0 Å². The van der Waals surface area contributed by atoms with Crippen LogP contribution in [0.5, 0.6) is 0 Å². The van der Waals surface area contributed by atoms with Gasteiger partial charge in [0.25, 0.3) is 0 Å². The Morgan fingerprint density at radius 3 is 2.63 bits per heavy atom. The molecule has 0 N–H and O–H groups in total. The third-order valence-electron chi connectivity index (χ3n) is 3.72. The Balaban J connectivity index is 2.40. The minimum Gasteiger partial charge on any atom is -0.303 e. The van der Waals surface area contributed by atoms with Gasteiger partial charge in [-0.05, 0) is 52.1 Å². The van der Waals surface area contributed by atoms with Gasteiger partial charge >= 0.3 is 0 Å². The fourth-order valence-corrected chi connectivity index (χ4v) is 2.23. The smallest absolute Gasteiger partial charge is 0.0672 e. The fourth-order valence-electron chi connectivity index (χ4n) is 2.23. The van der Waals surface area contributed by atoms with Gasteiger partial charge in [-0.2, -0.15) is 5.10 Å². The lowest BCUT2D eigenvalue weighted by molar-refractivity contribution is 0.321. The van der Waals surface area contributed by atoms with Gasteiger partial charge in [0.05, 0.1) is 5.69 Å². The molecule has 1 aromatic carbocycles. The van der Waals surface area contributed by atoms with Gasteiger partial charge in [-0.15, -0.1) is 0 Å². The van der Waals surface area contributed by atoms with Crippen molar-refractivity contribution in [2.45, 2.75) is 33.4 Å². The van der Waals surface area contributed by atoms with Crippen molar-refractivity contribution in [2.24, 2.45) is 0 Å². The van der Waals surface area contributed by atoms with E-state index in [4.69, 9.17) is 0 Å². The molecule has 0 saturated carbocycles. The van der Waals surface area contributed by atoms with Crippen molar-refractivity contribution in [2.75, 3.05) is 14.1 Å². The maximum atomic E-state index is 4.52. The lowest BCUT2D eigenvalue weighted by Crippen LogP contribution is -2.16. The van der Waals surface area contributed by atoms with E-state index in [0.29, 0.717) is 6.04 Å². The Labute approximate surface area is 115 Å². The Hall–Kier alpha value is -1.61. The van der Waals surface area contributed by atoms with Gasteiger partial charge in [0.2, 0.25) is 0 Å². The van der Waals surface area contributed by atoms with Crippen LogP contribution in [0.2, 0.25) is 0 Å².